The third-order valence-electron chi connectivity index (χ3n) is 1.63. The van der Waals surface area contributed by atoms with E-state index < -0.39 is 6.43 Å². The second kappa shape index (κ2) is 4.11. The predicted molar refractivity (Wildman–Crippen MR) is 49.5 cm³/mol. The van der Waals surface area contributed by atoms with Crippen LogP contribution in [0.5, 0.6) is 0 Å². The molecule has 72 valence electrons. The van der Waals surface area contributed by atoms with Crippen molar-refractivity contribution < 1.29 is 8.78 Å². The van der Waals surface area contributed by atoms with Crippen molar-refractivity contribution in [3.05, 3.63) is 27.5 Å². The van der Waals surface area contributed by atoms with Crippen LogP contribution in [0, 0.1) is 6.92 Å². The molecule has 1 heterocycles. The van der Waals surface area contributed by atoms with Gasteiger partial charge in [0.05, 0.1) is 11.3 Å². The molecule has 1 rings (SSSR count). The van der Waals surface area contributed by atoms with Gasteiger partial charge in [0.15, 0.2) is 0 Å². The summed E-state index contributed by atoms with van der Waals surface area (Å²) in [5.41, 5.74) is 6.14. The van der Waals surface area contributed by atoms with Crippen LogP contribution in [-0.2, 0) is 6.54 Å². The summed E-state index contributed by atoms with van der Waals surface area (Å²) in [6.45, 7) is 1.76. The van der Waals surface area contributed by atoms with Crippen LogP contribution in [0.3, 0.4) is 0 Å². The zero-order chi connectivity index (χ0) is 10.0. The van der Waals surface area contributed by atoms with Crippen LogP contribution >= 0.6 is 15.9 Å². The summed E-state index contributed by atoms with van der Waals surface area (Å²) in [4.78, 5) is 3.94. The maximum atomic E-state index is 12.5. The molecule has 0 aromatic carbocycles. The van der Waals surface area contributed by atoms with Crippen molar-refractivity contribution in [3.8, 4) is 0 Å². The highest BCUT2D eigenvalue weighted by atomic mass is 79.9. The van der Waals surface area contributed by atoms with E-state index >= 15 is 0 Å². The van der Waals surface area contributed by atoms with Crippen LogP contribution < -0.4 is 5.73 Å². The van der Waals surface area contributed by atoms with Gasteiger partial charge >= 0.3 is 0 Å². The van der Waals surface area contributed by atoms with E-state index in [9.17, 15) is 8.78 Å². The van der Waals surface area contributed by atoms with Crippen LogP contribution in [0.15, 0.2) is 10.5 Å². The summed E-state index contributed by atoms with van der Waals surface area (Å²) >= 11 is 3.06. The summed E-state index contributed by atoms with van der Waals surface area (Å²) in [6, 6.07) is 1.56. The van der Waals surface area contributed by atoms with Gasteiger partial charge in [0, 0.05) is 16.7 Å². The van der Waals surface area contributed by atoms with Crippen LogP contribution in [0.25, 0.3) is 0 Å². The molecule has 1 aromatic heterocycles. The second-order valence-corrected chi connectivity index (χ2v) is 3.46. The molecule has 0 fully saturated rings. The largest absolute Gasteiger partial charge is 0.325 e. The van der Waals surface area contributed by atoms with Crippen LogP contribution in [0.4, 0.5) is 8.78 Å². The number of aromatic nitrogens is 1. The standard InChI is InChI=1S/C8H9BrF2N2/c1-4-2-5(9)7(8(10)11)6(3-12)13-4/h2,8H,3,12H2,1H3. The summed E-state index contributed by atoms with van der Waals surface area (Å²) in [7, 11) is 0. The topological polar surface area (TPSA) is 38.9 Å². The molecule has 1 aromatic rings. The van der Waals surface area contributed by atoms with Gasteiger partial charge in [-0.3, -0.25) is 4.98 Å². The minimum Gasteiger partial charge on any atom is -0.325 e. The van der Waals surface area contributed by atoms with Crippen molar-refractivity contribution in [2.45, 2.75) is 19.9 Å². The molecule has 2 N–H and O–H groups in total. The number of hydrogen-bond donors (Lipinski definition) is 1. The fraction of sp³-hybridized carbons (Fsp3) is 0.375. The van der Waals surface area contributed by atoms with Crippen LogP contribution in [-0.4, -0.2) is 4.98 Å². The first kappa shape index (κ1) is 10.5. The molecule has 0 saturated heterocycles. The molecule has 0 spiro atoms. The van der Waals surface area contributed by atoms with E-state index in [1.54, 1.807) is 13.0 Å². The van der Waals surface area contributed by atoms with Crippen LogP contribution in [0.1, 0.15) is 23.4 Å². The van der Waals surface area contributed by atoms with Crippen LogP contribution in [0.2, 0.25) is 0 Å². The van der Waals surface area contributed by atoms with Gasteiger partial charge in [-0.2, -0.15) is 0 Å². The number of aryl methyl sites for hydroxylation is 1. The Morgan fingerprint density at radius 3 is 2.69 bits per heavy atom. The highest BCUT2D eigenvalue weighted by molar-refractivity contribution is 9.10. The first-order chi connectivity index (χ1) is 6.06. The lowest BCUT2D eigenvalue weighted by Gasteiger charge is -2.09. The molecule has 5 heteroatoms. The lowest BCUT2D eigenvalue weighted by molar-refractivity contribution is 0.148. The molecule has 0 atom stereocenters. The molecule has 0 bridgehead atoms. The number of alkyl halides is 2. The molecule has 0 unspecified atom stereocenters. The molecule has 2 nitrogen and oxygen atoms in total. The van der Waals surface area contributed by atoms with Gasteiger partial charge in [-0.15, -0.1) is 0 Å². The molecule has 0 saturated carbocycles. The Kier molecular flexibility index (Phi) is 3.33. The number of rotatable bonds is 2. The van der Waals surface area contributed by atoms with E-state index in [0.29, 0.717) is 10.2 Å². The summed E-state index contributed by atoms with van der Waals surface area (Å²) in [5.74, 6) is 0. The first-order valence-electron chi connectivity index (χ1n) is 3.70. The normalized spacial score (nSPS) is 10.9. The molecular formula is C8H9BrF2N2. The van der Waals surface area contributed by atoms with Gasteiger partial charge in [0.2, 0.25) is 0 Å². The Morgan fingerprint density at radius 1 is 1.62 bits per heavy atom. The predicted octanol–water partition coefficient (Wildman–Crippen LogP) is 2.55. The van der Waals surface area contributed by atoms with E-state index in [1.165, 1.54) is 0 Å². The Labute approximate surface area is 83.3 Å². The Morgan fingerprint density at radius 2 is 2.23 bits per heavy atom. The number of nitrogens with zero attached hydrogens (tertiary/aromatic N) is 1. The molecule has 0 aliphatic heterocycles. The SMILES string of the molecule is Cc1cc(Br)c(C(F)F)c(CN)n1. The fourth-order valence-corrected chi connectivity index (χ4v) is 1.82. The Balaban J connectivity index is 3.30. The van der Waals surface area contributed by atoms with E-state index in [0.717, 1.165) is 0 Å². The van der Waals surface area contributed by atoms with Crippen molar-refractivity contribution >= 4 is 15.9 Å². The minimum absolute atomic E-state index is 0.0277. The molecule has 0 radical (unpaired) electrons. The van der Waals surface area contributed by atoms with E-state index in [2.05, 4.69) is 20.9 Å². The molecule has 0 aliphatic rings. The van der Waals surface area contributed by atoms with Crippen molar-refractivity contribution in [1.82, 2.24) is 4.98 Å². The van der Waals surface area contributed by atoms with Gasteiger partial charge in [0.25, 0.3) is 6.43 Å². The fourth-order valence-electron chi connectivity index (χ4n) is 1.09. The Bertz CT molecular complexity index is 315. The van der Waals surface area contributed by atoms with Gasteiger partial charge in [-0.1, -0.05) is 15.9 Å². The maximum Gasteiger partial charge on any atom is 0.266 e. The zero-order valence-corrected chi connectivity index (χ0v) is 8.61. The first-order valence-corrected chi connectivity index (χ1v) is 4.49. The smallest absolute Gasteiger partial charge is 0.266 e. The van der Waals surface area contributed by atoms with Gasteiger partial charge < -0.3 is 5.73 Å². The lowest BCUT2D eigenvalue weighted by Crippen LogP contribution is -2.07. The van der Waals surface area contributed by atoms with Gasteiger partial charge in [-0.25, -0.2) is 8.78 Å². The second-order valence-electron chi connectivity index (χ2n) is 2.61. The number of hydrogen-bond acceptors (Lipinski definition) is 2. The minimum atomic E-state index is -2.54. The third-order valence-corrected chi connectivity index (χ3v) is 2.28. The van der Waals surface area contributed by atoms with Crippen molar-refractivity contribution in [1.29, 1.82) is 0 Å². The van der Waals surface area contributed by atoms with Gasteiger partial charge in [0.1, 0.15) is 0 Å². The average molecular weight is 251 g/mol. The average Bonchev–Trinajstić information content (AvgIpc) is 2.01. The zero-order valence-electron chi connectivity index (χ0n) is 7.02. The van der Waals surface area contributed by atoms with E-state index in [4.69, 9.17) is 5.73 Å². The summed E-state index contributed by atoms with van der Waals surface area (Å²) in [6.07, 6.45) is -2.54. The summed E-state index contributed by atoms with van der Waals surface area (Å²) in [5, 5.41) is 0. The molecule has 13 heavy (non-hydrogen) atoms. The molecule has 0 aliphatic carbocycles. The lowest BCUT2D eigenvalue weighted by atomic mass is 10.2. The van der Waals surface area contributed by atoms with Crippen molar-refractivity contribution in [2.24, 2.45) is 5.73 Å². The molecule has 0 amide bonds. The van der Waals surface area contributed by atoms with Gasteiger partial charge in [-0.05, 0) is 13.0 Å². The summed E-state index contributed by atoms with van der Waals surface area (Å²) < 4.78 is 25.3. The number of halogens is 3. The van der Waals surface area contributed by atoms with E-state index in [-0.39, 0.29) is 17.8 Å². The van der Waals surface area contributed by atoms with E-state index in [1.807, 2.05) is 0 Å². The highest BCUT2D eigenvalue weighted by Gasteiger charge is 2.17. The highest BCUT2D eigenvalue weighted by Crippen LogP contribution is 2.29. The third kappa shape index (κ3) is 2.22. The number of pyridine rings is 1. The molecular weight excluding hydrogens is 242 g/mol. The quantitative estimate of drug-likeness (QED) is 0.877. The number of nitrogens with two attached hydrogens (primary N) is 1. The van der Waals surface area contributed by atoms with Crippen molar-refractivity contribution in [2.75, 3.05) is 0 Å². The Hall–Kier alpha value is -0.550. The monoisotopic (exact) mass is 250 g/mol. The van der Waals surface area contributed by atoms with Crippen molar-refractivity contribution in [3.63, 3.8) is 0 Å². The maximum absolute atomic E-state index is 12.5.